The van der Waals surface area contributed by atoms with Crippen LogP contribution in [0.15, 0.2) is 194 Å². The van der Waals surface area contributed by atoms with Crippen molar-refractivity contribution in [2.75, 3.05) is 0 Å². The van der Waals surface area contributed by atoms with E-state index in [0.717, 1.165) is 25.7 Å². The Morgan fingerprint density at radius 1 is 0.298 bits per heavy atom. The van der Waals surface area contributed by atoms with Crippen LogP contribution in [0.5, 0.6) is 0 Å². The Kier molecular flexibility index (Phi) is 7.01. The molecule has 0 saturated carbocycles. The van der Waals surface area contributed by atoms with E-state index in [-0.39, 0.29) is 22.2 Å². The number of hydrogen-bond acceptors (Lipinski definition) is 0. The first-order valence-corrected chi connectivity index (χ1v) is 20.9. The number of rotatable bonds is 7. The molecule has 0 fully saturated rings. The van der Waals surface area contributed by atoms with Crippen molar-refractivity contribution in [3.8, 4) is 44.5 Å². The van der Waals surface area contributed by atoms with Gasteiger partial charge in [-0.3, -0.25) is 0 Å². The fourth-order valence-corrected chi connectivity index (χ4v) is 12.7. The SMILES string of the molecule is CCC1(CC2(CC3(CC4c5ccccc5-c5ccccc54)c4ccccc4-c4ccccc43)c3ccccc3-c3ccccc32)c2ccccc2-c2ccccc21. The second-order valence-corrected chi connectivity index (χ2v) is 17.2. The first-order valence-electron chi connectivity index (χ1n) is 20.9. The normalized spacial score (nSPS) is 16.4. The van der Waals surface area contributed by atoms with Gasteiger partial charge in [-0.1, -0.05) is 201 Å². The molecular formula is C57H44. The van der Waals surface area contributed by atoms with E-state index in [9.17, 15) is 0 Å². The Morgan fingerprint density at radius 3 is 0.912 bits per heavy atom. The van der Waals surface area contributed by atoms with Gasteiger partial charge in [-0.15, -0.1) is 0 Å². The van der Waals surface area contributed by atoms with Crippen molar-refractivity contribution in [3.05, 3.63) is 239 Å². The third kappa shape index (κ3) is 4.34. The lowest BCUT2D eigenvalue weighted by Gasteiger charge is -2.48. The molecule has 0 heteroatoms. The number of benzene rings is 8. The summed E-state index contributed by atoms with van der Waals surface area (Å²) in [7, 11) is 0. The molecule has 8 aromatic rings. The monoisotopic (exact) mass is 728 g/mol. The topological polar surface area (TPSA) is 0 Å². The van der Waals surface area contributed by atoms with Crippen LogP contribution in [0.25, 0.3) is 44.5 Å². The van der Waals surface area contributed by atoms with E-state index in [2.05, 4.69) is 201 Å². The Balaban J connectivity index is 1.17. The maximum absolute atomic E-state index is 2.49. The van der Waals surface area contributed by atoms with Gasteiger partial charge in [-0.25, -0.2) is 0 Å². The van der Waals surface area contributed by atoms with Crippen LogP contribution >= 0.6 is 0 Å². The highest BCUT2D eigenvalue weighted by Crippen LogP contribution is 2.67. The fraction of sp³-hybridized carbons (Fsp3) is 0.158. The lowest BCUT2D eigenvalue weighted by molar-refractivity contribution is 0.271. The summed E-state index contributed by atoms with van der Waals surface area (Å²) in [5.74, 6) is 0.258. The molecule has 0 spiro atoms. The standard InChI is InChI=1S/C57H44/c1-2-55(49-29-13-7-23-42(49)43-24-8-14-30-50(43)55)36-57(53-33-17-11-27-46(53)47-28-12-18-34-54(47)57)37-56(51-31-15-9-25-44(51)45-26-10-16-32-52(45)56)35-48-40-21-5-3-19-38(40)39-20-4-6-22-41(39)48/h3-34,48H,2,35-37H2,1H3. The predicted octanol–water partition coefficient (Wildman–Crippen LogP) is 14.3. The van der Waals surface area contributed by atoms with Crippen LogP contribution in [0.4, 0.5) is 0 Å². The third-order valence-corrected chi connectivity index (χ3v) is 14.9. The van der Waals surface area contributed by atoms with Crippen LogP contribution in [0.1, 0.15) is 83.0 Å². The zero-order chi connectivity index (χ0) is 37.8. The summed E-state index contributed by atoms with van der Waals surface area (Å²) >= 11 is 0. The van der Waals surface area contributed by atoms with Gasteiger partial charge in [0.1, 0.15) is 0 Å². The van der Waals surface area contributed by atoms with Crippen molar-refractivity contribution < 1.29 is 0 Å². The minimum atomic E-state index is -0.310. The van der Waals surface area contributed by atoms with Crippen molar-refractivity contribution in [2.24, 2.45) is 0 Å². The largest absolute Gasteiger partial charge is 0.0642 e. The minimum Gasteiger partial charge on any atom is -0.0642 e. The molecule has 0 N–H and O–H groups in total. The Morgan fingerprint density at radius 2 is 0.561 bits per heavy atom. The molecule has 4 aliphatic rings. The summed E-state index contributed by atoms with van der Waals surface area (Å²) in [4.78, 5) is 0. The van der Waals surface area contributed by atoms with E-state index in [1.54, 1.807) is 0 Å². The van der Waals surface area contributed by atoms with Gasteiger partial charge in [-0.2, -0.15) is 0 Å². The van der Waals surface area contributed by atoms with E-state index < -0.39 is 0 Å². The summed E-state index contributed by atoms with van der Waals surface area (Å²) in [6, 6.07) is 74.9. The van der Waals surface area contributed by atoms with Gasteiger partial charge in [0.25, 0.3) is 0 Å². The average molecular weight is 729 g/mol. The van der Waals surface area contributed by atoms with E-state index in [0.29, 0.717) is 0 Å². The number of hydrogen-bond donors (Lipinski definition) is 0. The van der Waals surface area contributed by atoms with Crippen LogP contribution in [0.3, 0.4) is 0 Å². The smallest absolute Gasteiger partial charge is 0.0238 e. The molecule has 0 radical (unpaired) electrons. The summed E-state index contributed by atoms with van der Waals surface area (Å²) in [6.07, 6.45) is 3.97. The third-order valence-electron chi connectivity index (χ3n) is 14.9. The first kappa shape index (κ1) is 33.0. The zero-order valence-electron chi connectivity index (χ0n) is 32.4. The van der Waals surface area contributed by atoms with Crippen LogP contribution in [0.2, 0.25) is 0 Å². The van der Waals surface area contributed by atoms with Gasteiger partial charge in [0, 0.05) is 22.2 Å². The summed E-state index contributed by atoms with van der Waals surface area (Å²) in [5.41, 5.74) is 22.2. The Hall–Kier alpha value is -6.24. The molecule has 12 rings (SSSR count). The minimum absolute atomic E-state index is 0.177. The molecule has 0 atom stereocenters. The van der Waals surface area contributed by atoms with Crippen LogP contribution in [-0.2, 0) is 16.2 Å². The molecule has 4 aliphatic carbocycles. The van der Waals surface area contributed by atoms with Gasteiger partial charge in [0.15, 0.2) is 0 Å². The molecule has 272 valence electrons. The molecule has 8 aromatic carbocycles. The lowest BCUT2D eigenvalue weighted by Crippen LogP contribution is -2.43. The van der Waals surface area contributed by atoms with E-state index >= 15 is 0 Å². The molecule has 0 aliphatic heterocycles. The van der Waals surface area contributed by atoms with Gasteiger partial charge in [0.05, 0.1) is 0 Å². The maximum Gasteiger partial charge on any atom is 0.0238 e. The lowest BCUT2D eigenvalue weighted by atomic mass is 9.54. The quantitative estimate of drug-likeness (QED) is 0.153. The van der Waals surface area contributed by atoms with E-state index in [4.69, 9.17) is 0 Å². The van der Waals surface area contributed by atoms with Crippen LogP contribution < -0.4 is 0 Å². The predicted molar refractivity (Wildman–Crippen MR) is 236 cm³/mol. The molecule has 0 bridgehead atoms. The van der Waals surface area contributed by atoms with E-state index in [1.807, 2.05) is 0 Å². The molecule has 0 nitrogen and oxygen atoms in total. The van der Waals surface area contributed by atoms with Crippen LogP contribution in [-0.4, -0.2) is 0 Å². The van der Waals surface area contributed by atoms with Crippen molar-refractivity contribution in [2.45, 2.75) is 54.8 Å². The number of fused-ring (bicyclic) bond motifs is 12. The summed E-state index contributed by atoms with van der Waals surface area (Å²) in [5, 5.41) is 0. The van der Waals surface area contributed by atoms with Crippen molar-refractivity contribution in [3.63, 3.8) is 0 Å². The Labute approximate surface area is 336 Å². The molecule has 0 heterocycles. The highest BCUT2D eigenvalue weighted by Gasteiger charge is 2.58. The second-order valence-electron chi connectivity index (χ2n) is 17.2. The van der Waals surface area contributed by atoms with Gasteiger partial charge in [0.2, 0.25) is 0 Å². The molecule has 57 heavy (non-hydrogen) atoms. The van der Waals surface area contributed by atoms with Crippen molar-refractivity contribution in [1.82, 2.24) is 0 Å². The average Bonchev–Trinajstić information content (AvgIpc) is 3.94. The van der Waals surface area contributed by atoms with Gasteiger partial charge in [-0.05, 0) is 115 Å². The Bertz CT molecular complexity index is 2720. The highest BCUT2D eigenvalue weighted by molar-refractivity contribution is 5.87. The van der Waals surface area contributed by atoms with Crippen molar-refractivity contribution in [1.29, 1.82) is 0 Å². The molecule has 0 aromatic heterocycles. The van der Waals surface area contributed by atoms with E-state index in [1.165, 1.54) is 89.0 Å². The van der Waals surface area contributed by atoms with Gasteiger partial charge < -0.3 is 0 Å². The first-order chi connectivity index (χ1) is 28.2. The zero-order valence-corrected chi connectivity index (χ0v) is 32.4. The van der Waals surface area contributed by atoms with Crippen LogP contribution in [0, 0.1) is 0 Å². The second kappa shape index (κ2) is 12.1. The van der Waals surface area contributed by atoms with Gasteiger partial charge >= 0.3 is 0 Å². The van der Waals surface area contributed by atoms with Crippen molar-refractivity contribution >= 4 is 0 Å². The summed E-state index contributed by atoms with van der Waals surface area (Å²) in [6.45, 7) is 2.45. The molecule has 0 unspecified atom stereocenters. The molecular weight excluding hydrogens is 685 g/mol. The highest BCUT2D eigenvalue weighted by atomic mass is 14.6. The molecule has 0 amide bonds. The fourth-order valence-electron chi connectivity index (χ4n) is 12.7. The maximum atomic E-state index is 2.49. The molecule has 0 saturated heterocycles. The summed E-state index contributed by atoms with van der Waals surface area (Å²) < 4.78 is 0.